The number of carbonyl (C=O) groups excluding carboxylic acids is 3. The molecular weight excluding hydrogens is 460 g/mol. The molecule has 2 heterocycles. The maximum Gasteiger partial charge on any atom is 0.410 e. The molecule has 1 aromatic rings. The molecule has 10 nitrogen and oxygen atoms in total. The minimum Gasteiger partial charge on any atom is -0.444 e. The van der Waals surface area contributed by atoms with E-state index in [1.165, 1.54) is 32.1 Å². The van der Waals surface area contributed by atoms with Gasteiger partial charge in [0.05, 0.1) is 6.33 Å². The molecule has 1 unspecified atom stereocenters. The topological polar surface area (TPSA) is 109 Å². The van der Waals surface area contributed by atoms with Crippen molar-refractivity contribution < 1.29 is 19.1 Å². The predicted octanol–water partition coefficient (Wildman–Crippen LogP) is 3.10. The third-order valence-electron chi connectivity index (χ3n) is 5.97. The van der Waals surface area contributed by atoms with Crippen LogP contribution in [0.3, 0.4) is 0 Å². The zero-order chi connectivity index (χ0) is 27.4. The lowest BCUT2D eigenvalue weighted by molar-refractivity contribution is -0.119. The molecule has 1 aliphatic carbocycles. The lowest BCUT2D eigenvalue weighted by Gasteiger charge is -2.33. The largest absolute Gasteiger partial charge is 0.444 e. The maximum atomic E-state index is 11.6. The van der Waals surface area contributed by atoms with Crippen molar-refractivity contribution in [2.45, 2.75) is 83.9 Å². The number of hydrogen-bond acceptors (Lipinski definition) is 7. The van der Waals surface area contributed by atoms with Crippen LogP contribution in [0.2, 0.25) is 0 Å². The molecule has 2 N–H and O–H groups in total. The molecule has 1 aromatic heterocycles. The Morgan fingerprint density at radius 3 is 2.17 bits per heavy atom. The number of carbonyl (C=O) groups is 3. The Morgan fingerprint density at radius 2 is 1.75 bits per heavy atom. The molecule has 1 aliphatic heterocycles. The van der Waals surface area contributed by atoms with Crippen molar-refractivity contribution in [2.24, 2.45) is 0 Å². The average molecular weight is 511 g/mol. The second-order valence-electron chi connectivity index (χ2n) is 9.98. The van der Waals surface area contributed by atoms with Gasteiger partial charge >= 0.3 is 6.09 Å². The Bertz CT molecular complexity index is 666. The summed E-state index contributed by atoms with van der Waals surface area (Å²) in [6.45, 7) is 13.0. The molecule has 1 saturated heterocycles. The van der Waals surface area contributed by atoms with Crippen LogP contribution in [0.15, 0.2) is 18.7 Å². The number of imidazole rings is 1. The number of rotatable bonds is 6. The van der Waals surface area contributed by atoms with Crippen molar-refractivity contribution in [1.29, 1.82) is 0 Å². The molecule has 0 radical (unpaired) electrons. The van der Waals surface area contributed by atoms with Gasteiger partial charge in [0.15, 0.2) is 0 Å². The Morgan fingerprint density at radius 1 is 1.14 bits per heavy atom. The highest BCUT2D eigenvalue weighted by Crippen LogP contribution is 2.16. The van der Waals surface area contributed by atoms with E-state index in [0.29, 0.717) is 32.2 Å². The molecule has 208 valence electrons. The van der Waals surface area contributed by atoms with E-state index in [1.807, 2.05) is 53.3 Å². The van der Waals surface area contributed by atoms with Gasteiger partial charge in [-0.1, -0.05) is 19.3 Å². The summed E-state index contributed by atoms with van der Waals surface area (Å²) < 4.78 is 7.35. The first-order valence-corrected chi connectivity index (χ1v) is 13.0. The van der Waals surface area contributed by atoms with Crippen molar-refractivity contribution in [2.75, 3.05) is 46.8 Å². The number of hydrogen-bond donors (Lipinski definition) is 2. The quantitative estimate of drug-likeness (QED) is 0.566. The van der Waals surface area contributed by atoms with Gasteiger partial charge in [-0.05, 0) is 67.6 Å². The van der Waals surface area contributed by atoms with Crippen molar-refractivity contribution in [3.8, 4) is 0 Å². The Kier molecular flexibility index (Phi) is 18.3. The summed E-state index contributed by atoms with van der Waals surface area (Å²) in [7, 11) is 4.04. The van der Waals surface area contributed by atoms with E-state index in [2.05, 4.69) is 34.2 Å². The molecule has 0 bridgehead atoms. The number of piperazine rings is 1. The molecule has 1 saturated carbocycles. The monoisotopic (exact) mass is 510 g/mol. The fraction of sp³-hybridized carbons (Fsp3) is 0.769. The number of aromatic nitrogens is 2. The van der Waals surface area contributed by atoms with E-state index in [4.69, 9.17) is 9.53 Å². The van der Waals surface area contributed by atoms with E-state index in [9.17, 15) is 9.59 Å². The van der Waals surface area contributed by atoms with Crippen molar-refractivity contribution in [3.63, 3.8) is 0 Å². The highest BCUT2D eigenvalue weighted by molar-refractivity contribution is 5.68. The minimum atomic E-state index is -0.459. The normalized spacial score (nSPS) is 16.7. The van der Waals surface area contributed by atoms with Gasteiger partial charge in [-0.3, -0.25) is 4.79 Å². The molecule has 10 heteroatoms. The summed E-state index contributed by atoms with van der Waals surface area (Å²) in [5.74, 6) is 0. The van der Waals surface area contributed by atoms with Crippen molar-refractivity contribution in [3.05, 3.63) is 18.7 Å². The summed E-state index contributed by atoms with van der Waals surface area (Å²) in [5, 5.41) is 6.43. The molecule has 3 rings (SSSR count). The van der Waals surface area contributed by atoms with Gasteiger partial charge in [0, 0.05) is 50.7 Å². The van der Waals surface area contributed by atoms with Crippen LogP contribution in [0, 0.1) is 0 Å². The Labute approximate surface area is 218 Å². The van der Waals surface area contributed by atoms with Gasteiger partial charge in [-0.2, -0.15) is 0 Å². The summed E-state index contributed by atoms with van der Waals surface area (Å²) >= 11 is 0. The van der Waals surface area contributed by atoms with Crippen LogP contribution in [0.25, 0.3) is 0 Å². The summed E-state index contributed by atoms with van der Waals surface area (Å²) in [6.07, 6.45) is 14.5. The summed E-state index contributed by atoms with van der Waals surface area (Å²) in [4.78, 5) is 37.3. The molecule has 2 aliphatic rings. The van der Waals surface area contributed by atoms with E-state index < -0.39 is 5.60 Å². The molecule has 2 amide bonds. The third-order valence-corrected chi connectivity index (χ3v) is 5.97. The first kappa shape index (κ1) is 33.5. The average Bonchev–Trinajstić information content (AvgIpc) is 3.44. The highest BCUT2D eigenvalue weighted by Gasteiger charge is 2.25. The van der Waals surface area contributed by atoms with Gasteiger partial charge in [-0.25, -0.2) is 9.78 Å². The van der Waals surface area contributed by atoms with Crippen molar-refractivity contribution >= 4 is 19.3 Å². The molecule has 36 heavy (non-hydrogen) atoms. The van der Waals surface area contributed by atoms with Crippen molar-refractivity contribution in [1.82, 2.24) is 30.0 Å². The smallest absolute Gasteiger partial charge is 0.410 e. The SMILES string of the molecule is C=O.CC(C)(C)OC(=O)N1CCN(C=O)CC1.CNC1CCCCC1.CNCCC(C)n1ccnc1. The van der Waals surface area contributed by atoms with Crippen LogP contribution >= 0.6 is 0 Å². The highest BCUT2D eigenvalue weighted by atomic mass is 16.6. The van der Waals surface area contributed by atoms with Crippen LogP contribution < -0.4 is 10.6 Å². The van der Waals surface area contributed by atoms with Gasteiger partial charge in [0.1, 0.15) is 12.4 Å². The first-order chi connectivity index (χ1) is 17.2. The number of ether oxygens (including phenoxy) is 1. The summed E-state index contributed by atoms with van der Waals surface area (Å²) in [5.41, 5.74) is -0.459. The van der Waals surface area contributed by atoms with Crippen LogP contribution in [0.1, 0.15) is 72.3 Å². The standard InChI is InChI=1S/C10H18N2O3.C8H15N3.C7H15N.CH2O/c1-10(2,3)15-9(14)12-6-4-11(8-13)5-7-12;1-8(3-4-9-2)11-6-5-10-7-11;1-8-7-5-3-2-4-6-7;1-2/h8H,4-7H2,1-3H3;5-9H,3-4H2,1-2H3;7-8H,2-6H2,1H3;1H2. The third kappa shape index (κ3) is 15.5. The van der Waals surface area contributed by atoms with E-state index in [-0.39, 0.29) is 6.09 Å². The van der Waals surface area contributed by atoms with E-state index in [0.717, 1.165) is 25.4 Å². The Hall–Kier alpha value is -2.46. The fourth-order valence-electron chi connectivity index (χ4n) is 3.76. The maximum absolute atomic E-state index is 11.6. The molecule has 2 fully saturated rings. The molecular formula is C26H50N6O4. The van der Waals surface area contributed by atoms with Crippen LogP contribution in [0.4, 0.5) is 4.79 Å². The molecule has 0 aromatic carbocycles. The van der Waals surface area contributed by atoms with Gasteiger partial charge in [-0.15, -0.1) is 0 Å². The lowest BCUT2D eigenvalue weighted by atomic mass is 9.96. The second kappa shape index (κ2) is 19.7. The predicted molar refractivity (Wildman–Crippen MR) is 144 cm³/mol. The van der Waals surface area contributed by atoms with Gasteiger partial charge in [0.25, 0.3) is 0 Å². The van der Waals surface area contributed by atoms with E-state index >= 15 is 0 Å². The van der Waals surface area contributed by atoms with Gasteiger partial charge < -0.3 is 34.5 Å². The van der Waals surface area contributed by atoms with Crippen LogP contribution in [0.5, 0.6) is 0 Å². The first-order valence-electron chi connectivity index (χ1n) is 13.0. The fourth-order valence-corrected chi connectivity index (χ4v) is 3.76. The summed E-state index contributed by atoms with van der Waals surface area (Å²) in [6, 6.07) is 1.38. The van der Waals surface area contributed by atoms with Gasteiger partial charge in [0.2, 0.25) is 6.41 Å². The number of amides is 2. The number of nitrogens with one attached hydrogen (secondary N) is 2. The second-order valence-corrected chi connectivity index (χ2v) is 9.98. The zero-order valence-electron chi connectivity index (χ0n) is 23.4. The Balaban J connectivity index is 0.000000514. The minimum absolute atomic E-state index is 0.298. The molecule has 0 spiro atoms. The lowest BCUT2D eigenvalue weighted by Crippen LogP contribution is -2.49. The van der Waals surface area contributed by atoms with E-state index in [1.54, 1.807) is 9.80 Å². The van der Waals surface area contributed by atoms with Crippen LogP contribution in [-0.4, -0.2) is 97.1 Å². The van der Waals surface area contributed by atoms with Crippen LogP contribution in [-0.2, 0) is 14.3 Å². The molecule has 1 atom stereocenters. The number of nitrogens with zero attached hydrogens (tertiary/aromatic N) is 4. The zero-order valence-corrected chi connectivity index (χ0v) is 23.4.